The lowest BCUT2D eigenvalue weighted by Crippen LogP contribution is -2.36. The highest BCUT2D eigenvalue weighted by atomic mass is 15.4. The van der Waals surface area contributed by atoms with E-state index in [4.69, 9.17) is 9.97 Å². The first-order valence-corrected chi connectivity index (χ1v) is 10.6. The molecule has 0 amide bonds. The Morgan fingerprint density at radius 2 is 1.59 bits per heavy atom. The summed E-state index contributed by atoms with van der Waals surface area (Å²) in [5, 5.41) is 0. The van der Waals surface area contributed by atoms with Crippen LogP contribution in [0, 0.1) is 0 Å². The Kier molecular flexibility index (Phi) is 4.12. The zero-order valence-electron chi connectivity index (χ0n) is 17.8. The number of likely N-dealkylation sites (N-methyl/N-ethyl adjacent to an activating group) is 1. The van der Waals surface area contributed by atoms with E-state index < -0.39 is 0 Å². The minimum absolute atomic E-state index is 0.289. The van der Waals surface area contributed by atoms with Gasteiger partial charge >= 0.3 is 0 Å². The number of anilines is 3. The molecule has 0 spiro atoms. The summed E-state index contributed by atoms with van der Waals surface area (Å²) in [6, 6.07) is 15.3. The summed E-state index contributed by atoms with van der Waals surface area (Å²) in [4.78, 5) is 14.7. The number of fused-ring (bicyclic) bond motifs is 5. The predicted octanol–water partition coefficient (Wildman–Crippen LogP) is 5.86. The molecule has 2 aromatic carbocycles. The molecule has 0 bridgehead atoms. The molecule has 1 unspecified atom stereocenters. The molecular formula is C25H28N4. The molecule has 0 radical (unpaired) electrons. The van der Waals surface area contributed by atoms with Gasteiger partial charge in [-0.2, -0.15) is 0 Å². The van der Waals surface area contributed by atoms with Gasteiger partial charge in [0.2, 0.25) is 0 Å². The summed E-state index contributed by atoms with van der Waals surface area (Å²) >= 11 is 0. The van der Waals surface area contributed by atoms with Crippen molar-refractivity contribution in [3.63, 3.8) is 0 Å². The maximum absolute atomic E-state index is 5.17. The summed E-state index contributed by atoms with van der Waals surface area (Å²) in [6.07, 6.45) is 3.31. The molecule has 0 aliphatic carbocycles. The molecule has 0 fully saturated rings. The Bertz CT molecular complexity index is 1060. The first kappa shape index (κ1) is 18.2. The zero-order chi connectivity index (χ0) is 20.3. The molecule has 0 saturated carbocycles. The van der Waals surface area contributed by atoms with Crippen molar-refractivity contribution in [2.45, 2.75) is 52.1 Å². The summed E-state index contributed by atoms with van der Waals surface area (Å²) < 4.78 is 0. The second-order valence-electron chi connectivity index (χ2n) is 8.82. The van der Waals surface area contributed by atoms with Crippen molar-refractivity contribution in [1.82, 2.24) is 9.97 Å². The van der Waals surface area contributed by atoms with Crippen LogP contribution in [0.4, 0.5) is 17.2 Å². The number of rotatable bonds is 3. The van der Waals surface area contributed by atoms with Crippen LogP contribution < -0.4 is 9.80 Å². The predicted molar refractivity (Wildman–Crippen MR) is 120 cm³/mol. The number of hydrogen-bond donors (Lipinski definition) is 0. The summed E-state index contributed by atoms with van der Waals surface area (Å²) in [6.45, 7) is 8.99. The van der Waals surface area contributed by atoms with Crippen molar-refractivity contribution in [3.05, 3.63) is 65.4 Å². The van der Waals surface area contributed by atoms with Gasteiger partial charge in [0.1, 0.15) is 11.9 Å². The molecule has 2 aliphatic rings. The van der Waals surface area contributed by atoms with Gasteiger partial charge in [-0.1, -0.05) is 64.1 Å². The van der Waals surface area contributed by atoms with E-state index in [2.05, 4.69) is 87.0 Å². The minimum Gasteiger partial charge on any atom is -0.349 e. The van der Waals surface area contributed by atoms with Gasteiger partial charge in [0.05, 0.1) is 6.20 Å². The van der Waals surface area contributed by atoms with Crippen molar-refractivity contribution in [1.29, 1.82) is 0 Å². The second-order valence-corrected chi connectivity index (χ2v) is 8.82. The van der Waals surface area contributed by atoms with Gasteiger partial charge in [-0.15, -0.1) is 0 Å². The van der Waals surface area contributed by atoms with Crippen molar-refractivity contribution in [2.75, 3.05) is 16.8 Å². The molecular weight excluding hydrogens is 356 g/mol. The van der Waals surface area contributed by atoms with Crippen LogP contribution in [0.5, 0.6) is 0 Å². The van der Waals surface area contributed by atoms with E-state index in [9.17, 15) is 0 Å². The summed E-state index contributed by atoms with van der Waals surface area (Å²) in [5.74, 6) is 2.71. The molecule has 1 aromatic heterocycles. The van der Waals surface area contributed by atoms with Crippen LogP contribution >= 0.6 is 0 Å². The SMILES string of the molecule is CC(C)c1cccc(C(C)C)c1-c1ncc2c(n1)N1c3ccccc3CC1N2C. The maximum Gasteiger partial charge on any atom is 0.162 e. The third-order valence-corrected chi connectivity index (χ3v) is 6.35. The molecule has 0 saturated heterocycles. The summed E-state index contributed by atoms with van der Waals surface area (Å²) in [7, 11) is 2.15. The monoisotopic (exact) mass is 384 g/mol. The van der Waals surface area contributed by atoms with Crippen molar-refractivity contribution in [3.8, 4) is 11.4 Å². The lowest BCUT2D eigenvalue weighted by molar-refractivity contribution is 0.701. The van der Waals surface area contributed by atoms with E-state index >= 15 is 0 Å². The van der Waals surface area contributed by atoms with Gasteiger partial charge in [0, 0.05) is 24.7 Å². The average molecular weight is 385 g/mol. The van der Waals surface area contributed by atoms with E-state index in [1.54, 1.807) is 0 Å². The highest BCUT2D eigenvalue weighted by molar-refractivity contribution is 5.85. The molecule has 3 aromatic rings. The van der Waals surface area contributed by atoms with E-state index in [-0.39, 0.29) is 6.17 Å². The Labute approximate surface area is 173 Å². The third-order valence-electron chi connectivity index (χ3n) is 6.35. The van der Waals surface area contributed by atoms with Crippen LogP contribution in [0.25, 0.3) is 11.4 Å². The Balaban J connectivity index is 1.70. The van der Waals surface area contributed by atoms with Gasteiger partial charge < -0.3 is 9.80 Å². The number of benzene rings is 2. The fourth-order valence-electron chi connectivity index (χ4n) is 4.82. The first-order chi connectivity index (χ1) is 14.0. The van der Waals surface area contributed by atoms with E-state index in [1.165, 1.54) is 27.9 Å². The average Bonchev–Trinajstić information content (AvgIpc) is 3.23. The fraction of sp³-hybridized carbons (Fsp3) is 0.360. The van der Waals surface area contributed by atoms with Crippen molar-refractivity contribution in [2.24, 2.45) is 0 Å². The van der Waals surface area contributed by atoms with Crippen LogP contribution in [0.3, 0.4) is 0 Å². The molecule has 3 heterocycles. The number of aromatic nitrogens is 2. The molecule has 1 atom stereocenters. The highest BCUT2D eigenvalue weighted by Gasteiger charge is 2.42. The summed E-state index contributed by atoms with van der Waals surface area (Å²) in [5.41, 5.74) is 7.62. The van der Waals surface area contributed by atoms with Crippen LogP contribution in [0.2, 0.25) is 0 Å². The van der Waals surface area contributed by atoms with E-state index in [1.807, 2.05) is 6.20 Å². The molecule has 4 nitrogen and oxygen atoms in total. The van der Waals surface area contributed by atoms with Gasteiger partial charge in [0.15, 0.2) is 11.6 Å². The molecule has 29 heavy (non-hydrogen) atoms. The fourth-order valence-corrected chi connectivity index (χ4v) is 4.82. The molecule has 4 heteroatoms. The quantitative estimate of drug-likeness (QED) is 0.566. The standard InChI is InChI=1S/C25H28N4/c1-15(2)18-10-8-11-19(16(3)4)23(18)24-26-14-21-25(27-24)29-20-12-7-6-9-17(20)13-22(29)28(21)5/h6-12,14-16,22H,13H2,1-5H3. The topological polar surface area (TPSA) is 32.3 Å². The molecule has 148 valence electrons. The van der Waals surface area contributed by atoms with Crippen molar-refractivity contribution >= 4 is 17.2 Å². The zero-order valence-corrected chi connectivity index (χ0v) is 17.8. The smallest absolute Gasteiger partial charge is 0.162 e. The van der Waals surface area contributed by atoms with Gasteiger partial charge in [-0.25, -0.2) is 9.97 Å². The Morgan fingerprint density at radius 1 is 0.897 bits per heavy atom. The number of nitrogens with zero attached hydrogens (tertiary/aromatic N) is 4. The van der Waals surface area contributed by atoms with Gasteiger partial charge in [-0.3, -0.25) is 0 Å². The lowest BCUT2D eigenvalue weighted by Gasteiger charge is -2.23. The Hall–Kier alpha value is -2.88. The van der Waals surface area contributed by atoms with E-state index in [0.717, 1.165) is 23.8 Å². The second kappa shape index (κ2) is 6.58. The van der Waals surface area contributed by atoms with Crippen LogP contribution in [0.1, 0.15) is 56.2 Å². The van der Waals surface area contributed by atoms with Crippen LogP contribution in [0.15, 0.2) is 48.7 Å². The number of para-hydroxylation sites is 1. The van der Waals surface area contributed by atoms with E-state index in [0.29, 0.717) is 11.8 Å². The molecule has 5 rings (SSSR count). The molecule has 2 aliphatic heterocycles. The third kappa shape index (κ3) is 2.65. The normalized spacial score (nSPS) is 17.1. The Morgan fingerprint density at radius 3 is 2.28 bits per heavy atom. The van der Waals surface area contributed by atoms with Crippen molar-refractivity contribution < 1.29 is 0 Å². The number of hydrogen-bond acceptors (Lipinski definition) is 4. The highest BCUT2D eigenvalue weighted by Crippen LogP contribution is 2.49. The van der Waals surface area contributed by atoms with Crippen LogP contribution in [-0.4, -0.2) is 23.2 Å². The van der Waals surface area contributed by atoms with Gasteiger partial charge in [-0.05, 0) is 34.6 Å². The lowest BCUT2D eigenvalue weighted by atomic mass is 9.88. The maximum atomic E-state index is 5.17. The largest absolute Gasteiger partial charge is 0.349 e. The first-order valence-electron chi connectivity index (χ1n) is 10.6. The van der Waals surface area contributed by atoms with Crippen LogP contribution in [-0.2, 0) is 6.42 Å². The van der Waals surface area contributed by atoms with Gasteiger partial charge in [0.25, 0.3) is 0 Å². The minimum atomic E-state index is 0.289. The molecule has 0 N–H and O–H groups in total.